The summed E-state index contributed by atoms with van der Waals surface area (Å²) >= 11 is 18.2. The molecule has 0 spiro atoms. The first-order valence-electron chi connectivity index (χ1n) is 12.2. The van der Waals surface area contributed by atoms with E-state index in [1.54, 1.807) is 18.3 Å². The maximum absolute atomic E-state index is 12.3. The number of halogens is 2. The van der Waals surface area contributed by atoms with Crippen molar-refractivity contribution in [3.63, 3.8) is 0 Å². The molecule has 1 saturated heterocycles. The van der Waals surface area contributed by atoms with E-state index in [1.165, 1.54) is 0 Å². The van der Waals surface area contributed by atoms with Crippen LogP contribution in [0.1, 0.15) is 42.9 Å². The molecule has 0 saturated carbocycles. The monoisotopic (exact) mass is 564 g/mol. The highest BCUT2D eigenvalue weighted by molar-refractivity contribution is 7.80. The zero-order valence-electron chi connectivity index (χ0n) is 21.0. The largest absolute Gasteiger partial charge is 0.459 e. The van der Waals surface area contributed by atoms with Gasteiger partial charge in [0, 0.05) is 29.1 Å². The van der Waals surface area contributed by atoms with Crippen LogP contribution in [0.25, 0.3) is 11.3 Å². The number of aryl methyl sites for hydroxylation is 1. The standard InChI is InChI=1S/C29H26Cl2N4O2S/c1-16(2)28(36)33-22-10-8-19(14-17(22)3)35-27(26(34-29(35)38)23-6-4-5-13-32-23)25-12-11-24(37-25)18-7-9-20(30)21(31)15-18/h4-16,26-27H,1-3H3,(H,33,36)(H,34,38)/t26-,27+/m1/s1. The van der Waals surface area contributed by atoms with E-state index in [0.717, 1.165) is 28.2 Å². The van der Waals surface area contributed by atoms with Gasteiger partial charge in [-0.2, -0.15) is 0 Å². The van der Waals surface area contributed by atoms with Gasteiger partial charge in [-0.05, 0) is 85.4 Å². The Labute approximate surface area is 237 Å². The second kappa shape index (κ2) is 10.8. The Balaban J connectivity index is 1.55. The third-order valence-corrected chi connectivity index (χ3v) is 7.54. The molecule has 1 aliphatic rings. The summed E-state index contributed by atoms with van der Waals surface area (Å²) in [5.41, 5.74) is 4.23. The van der Waals surface area contributed by atoms with Gasteiger partial charge in [-0.3, -0.25) is 9.78 Å². The number of anilines is 2. The van der Waals surface area contributed by atoms with Crippen molar-refractivity contribution in [1.82, 2.24) is 10.3 Å². The van der Waals surface area contributed by atoms with E-state index in [1.807, 2.05) is 80.3 Å². The first kappa shape index (κ1) is 26.2. The van der Waals surface area contributed by atoms with Crippen LogP contribution in [0.15, 0.2) is 77.3 Å². The summed E-state index contributed by atoms with van der Waals surface area (Å²) in [4.78, 5) is 18.9. The highest BCUT2D eigenvalue weighted by atomic mass is 35.5. The minimum Gasteiger partial charge on any atom is -0.459 e. The summed E-state index contributed by atoms with van der Waals surface area (Å²) in [6.45, 7) is 5.70. The Morgan fingerprint density at radius 2 is 1.89 bits per heavy atom. The van der Waals surface area contributed by atoms with Crippen LogP contribution >= 0.6 is 35.4 Å². The average molecular weight is 566 g/mol. The molecule has 2 aromatic heterocycles. The highest BCUT2D eigenvalue weighted by Crippen LogP contribution is 2.43. The Morgan fingerprint density at radius 3 is 2.58 bits per heavy atom. The lowest BCUT2D eigenvalue weighted by Gasteiger charge is -2.27. The van der Waals surface area contributed by atoms with Crippen molar-refractivity contribution >= 4 is 57.8 Å². The molecular formula is C29H26Cl2N4O2S. The van der Waals surface area contributed by atoms with Gasteiger partial charge in [0.2, 0.25) is 5.91 Å². The van der Waals surface area contributed by atoms with Crippen molar-refractivity contribution in [2.45, 2.75) is 32.9 Å². The van der Waals surface area contributed by atoms with Gasteiger partial charge < -0.3 is 20.0 Å². The lowest BCUT2D eigenvalue weighted by Crippen LogP contribution is -2.29. The second-order valence-electron chi connectivity index (χ2n) is 9.47. The van der Waals surface area contributed by atoms with E-state index in [9.17, 15) is 4.79 Å². The number of hydrogen-bond acceptors (Lipinski definition) is 4. The molecule has 0 unspecified atom stereocenters. The smallest absolute Gasteiger partial charge is 0.226 e. The van der Waals surface area contributed by atoms with Gasteiger partial charge in [-0.25, -0.2) is 0 Å². The fourth-order valence-corrected chi connectivity index (χ4v) is 5.10. The average Bonchev–Trinajstić information content (AvgIpc) is 3.52. The Bertz CT molecular complexity index is 1510. The molecule has 194 valence electrons. The molecule has 4 aromatic rings. The molecule has 5 rings (SSSR count). The number of carbonyl (C=O) groups is 1. The summed E-state index contributed by atoms with van der Waals surface area (Å²) in [5, 5.41) is 7.93. The van der Waals surface area contributed by atoms with Crippen molar-refractivity contribution in [3.05, 3.63) is 100.0 Å². The maximum atomic E-state index is 12.3. The SMILES string of the molecule is Cc1cc(N2C(=S)N[C@H](c3ccccn3)[C@@H]2c2ccc(-c3ccc(Cl)c(Cl)c3)o2)ccc1NC(=O)C(C)C. The first-order valence-corrected chi connectivity index (χ1v) is 13.4. The summed E-state index contributed by atoms with van der Waals surface area (Å²) in [5.74, 6) is 1.23. The number of amides is 1. The van der Waals surface area contributed by atoms with Crippen LogP contribution in [0.2, 0.25) is 10.0 Å². The molecule has 0 aliphatic carbocycles. The van der Waals surface area contributed by atoms with Gasteiger partial charge in [-0.1, -0.05) is 43.1 Å². The van der Waals surface area contributed by atoms with Crippen molar-refractivity contribution in [2.24, 2.45) is 5.92 Å². The van der Waals surface area contributed by atoms with Gasteiger partial charge in [0.05, 0.1) is 21.8 Å². The minimum absolute atomic E-state index is 0.0299. The van der Waals surface area contributed by atoms with Crippen LogP contribution in [0.5, 0.6) is 0 Å². The number of benzene rings is 2. The molecule has 1 amide bonds. The molecule has 2 N–H and O–H groups in total. The van der Waals surface area contributed by atoms with Crippen molar-refractivity contribution < 1.29 is 9.21 Å². The van der Waals surface area contributed by atoms with Crippen LogP contribution in [0, 0.1) is 12.8 Å². The fourth-order valence-electron chi connectivity index (χ4n) is 4.45. The number of rotatable bonds is 6. The van der Waals surface area contributed by atoms with Gasteiger partial charge in [0.15, 0.2) is 5.11 Å². The molecular weight excluding hydrogens is 539 g/mol. The zero-order chi connectivity index (χ0) is 27.0. The fraction of sp³-hybridized carbons (Fsp3) is 0.207. The number of nitrogens with one attached hydrogen (secondary N) is 2. The van der Waals surface area contributed by atoms with E-state index in [4.69, 9.17) is 39.8 Å². The van der Waals surface area contributed by atoms with Crippen LogP contribution < -0.4 is 15.5 Å². The number of hydrogen-bond donors (Lipinski definition) is 2. The van der Waals surface area contributed by atoms with Crippen LogP contribution in [0.4, 0.5) is 11.4 Å². The minimum atomic E-state index is -0.315. The van der Waals surface area contributed by atoms with Gasteiger partial charge in [0.1, 0.15) is 17.6 Å². The lowest BCUT2D eigenvalue weighted by molar-refractivity contribution is -0.118. The maximum Gasteiger partial charge on any atom is 0.226 e. The van der Waals surface area contributed by atoms with E-state index in [2.05, 4.69) is 15.6 Å². The topological polar surface area (TPSA) is 70.4 Å². The molecule has 2 atom stereocenters. The van der Waals surface area contributed by atoms with Gasteiger partial charge in [0.25, 0.3) is 0 Å². The number of pyridine rings is 1. The predicted molar refractivity (Wildman–Crippen MR) is 157 cm³/mol. The number of carbonyl (C=O) groups excluding carboxylic acids is 1. The molecule has 9 heteroatoms. The molecule has 6 nitrogen and oxygen atoms in total. The molecule has 1 fully saturated rings. The van der Waals surface area contributed by atoms with Gasteiger partial charge in [-0.15, -0.1) is 0 Å². The van der Waals surface area contributed by atoms with Crippen LogP contribution in [-0.4, -0.2) is 16.0 Å². The van der Waals surface area contributed by atoms with Crippen LogP contribution in [-0.2, 0) is 4.79 Å². The third-order valence-electron chi connectivity index (χ3n) is 6.49. The Morgan fingerprint density at radius 1 is 1.08 bits per heavy atom. The number of thiocarbonyl (C=S) groups is 1. The van der Waals surface area contributed by atoms with Crippen molar-refractivity contribution in [2.75, 3.05) is 10.2 Å². The van der Waals surface area contributed by atoms with E-state index >= 15 is 0 Å². The molecule has 0 bridgehead atoms. The van der Waals surface area contributed by atoms with Crippen molar-refractivity contribution in [1.29, 1.82) is 0 Å². The summed E-state index contributed by atoms with van der Waals surface area (Å²) in [7, 11) is 0. The Hall–Kier alpha value is -3.39. The second-order valence-corrected chi connectivity index (χ2v) is 10.7. The zero-order valence-corrected chi connectivity index (χ0v) is 23.4. The van der Waals surface area contributed by atoms with E-state index < -0.39 is 0 Å². The van der Waals surface area contributed by atoms with Crippen LogP contribution in [0.3, 0.4) is 0 Å². The summed E-state index contributed by atoms with van der Waals surface area (Å²) in [6.07, 6.45) is 1.76. The number of aromatic nitrogens is 1. The van der Waals surface area contributed by atoms with Crippen molar-refractivity contribution in [3.8, 4) is 11.3 Å². The quantitative estimate of drug-likeness (QED) is 0.233. The third kappa shape index (κ3) is 5.14. The normalized spacial score (nSPS) is 17.1. The summed E-state index contributed by atoms with van der Waals surface area (Å²) in [6, 6.07) is 20.4. The predicted octanol–water partition coefficient (Wildman–Crippen LogP) is 7.73. The number of furan rings is 1. The van der Waals surface area contributed by atoms with Gasteiger partial charge >= 0.3 is 0 Å². The molecule has 0 radical (unpaired) electrons. The highest BCUT2D eigenvalue weighted by Gasteiger charge is 2.42. The summed E-state index contributed by atoms with van der Waals surface area (Å²) < 4.78 is 6.41. The van der Waals surface area contributed by atoms with E-state index in [-0.39, 0.29) is 23.9 Å². The molecule has 2 aromatic carbocycles. The lowest BCUT2D eigenvalue weighted by atomic mass is 10.0. The number of nitrogens with zero attached hydrogens (tertiary/aromatic N) is 2. The first-order chi connectivity index (χ1) is 18.2. The van der Waals surface area contributed by atoms with E-state index in [0.29, 0.717) is 26.7 Å². The molecule has 1 aliphatic heterocycles. The molecule has 38 heavy (non-hydrogen) atoms. The molecule has 3 heterocycles. The Kier molecular flexibility index (Phi) is 7.43.